The highest BCUT2D eigenvalue weighted by molar-refractivity contribution is 5.38. The molecular formula is C13H23N5O2. The standard InChI is InChI=1S/C13H23N5O2/c1-5-6-14-10-16-11(18-12(17-10)20-4)15-8-7-9(19)13(8,2)3/h8-9,19H,5-7H2,1-4H3,(H2,14,15,16,17,18). The van der Waals surface area contributed by atoms with Gasteiger partial charge in [-0.15, -0.1) is 0 Å². The third-order valence-corrected chi connectivity index (χ3v) is 3.85. The Labute approximate surface area is 119 Å². The molecule has 1 aromatic heterocycles. The van der Waals surface area contributed by atoms with E-state index in [1.54, 1.807) is 0 Å². The normalized spacial score (nSPS) is 23.9. The van der Waals surface area contributed by atoms with Crippen LogP contribution in [-0.4, -0.2) is 45.9 Å². The SMILES string of the molecule is CCCNc1nc(NC2CC(O)C2(C)C)nc(OC)n1. The monoisotopic (exact) mass is 281 g/mol. The van der Waals surface area contributed by atoms with Crippen LogP contribution in [0.25, 0.3) is 0 Å². The lowest BCUT2D eigenvalue weighted by Crippen LogP contribution is -2.57. The molecule has 2 rings (SSSR count). The molecule has 0 bridgehead atoms. The highest BCUT2D eigenvalue weighted by atomic mass is 16.5. The van der Waals surface area contributed by atoms with Crippen LogP contribution in [0.1, 0.15) is 33.6 Å². The van der Waals surface area contributed by atoms with Gasteiger partial charge in [0.05, 0.1) is 13.2 Å². The molecule has 20 heavy (non-hydrogen) atoms. The van der Waals surface area contributed by atoms with Gasteiger partial charge >= 0.3 is 6.01 Å². The second-order valence-corrected chi connectivity index (χ2v) is 5.67. The van der Waals surface area contributed by atoms with E-state index >= 15 is 0 Å². The van der Waals surface area contributed by atoms with Crippen molar-refractivity contribution >= 4 is 11.9 Å². The molecule has 7 nitrogen and oxygen atoms in total. The number of hydrogen-bond donors (Lipinski definition) is 3. The highest BCUT2D eigenvalue weighted by Crippen LogP contribution is 2.41. The maximum atomic E-state index is 9.77. The van der Waals surface area contributed by atoms with Crippen molar-refractivity contribution in [1.82, 2.24) is 15.0 Å². The number of nitrogens with zero attached hydrogens (tertiary/aromatic N) is 3. The molecule has 1 fully saturated rings. The van der Waals surface area contributed by atoms with Crippen LogP contribution >= 0.6 is 0 Å². The summed E-state index contributed by atoms with van der Waals surface area (Å²) in [6.07, 6.45) is 1.39. The van der Waals surface area contributed by atoms with Gasteiger partial charge in [0.2, 0.25) is 11.9 Å². The van der Waals surface area contributed by atoms with Crippen LogP contribution in [0, 0.1) is 5.41 Å². The number of ether oxygens (including phenoxy) is 1. The van der Waals surface area contributed by atoms with E-state index in [9.17, 15) is 5.11 Å². The fraction of sp³-hybridized carbons (Fsp3) is 0.769. The summed E-state index contributed by atoms with van der Waals surface area (Å²) in [7, 11) is 1.53. The highest BCUT2D eigenvalue weighted by Gasteiger charge is 2.47. The summed E-state index contributed by atoms with van der Waals surface area (Å²) in [6.45, 7) is 6.91. The molecule has 1 saturated carbocycles. The Balaban J connectivity index is 2.10. The molecule has 0 amide bonds. The van der Waals surface area contributed by atoms with Crippen molar-refractivity contribution in [2.75, 3.05) is 24.3 Å². The summed E-state index contributed by atoms with van der Waals surface area (Å²) in [6, 6.07) is 0.419. The lowest BCUT2D eigenvalue weighted by atomic mass is 9.65. The zero-order valence-corrected chi connectivity index (χ0v) is 12.5. The fourth-order valence-electron chi connectivity index (χ4n) is 2.13. The Morgan fingerprint density at radius 1 is 1.30 bits per heavy atom. The predicted octanol–water partition coefficient (Wildman–Crippen LogP) is 1.27. The molecule has 0 spiro atoms. The van der Waals surface area contributed by atoms with E-state index in [-0.39, 0.29) is 23.6 Å². The molecule has 2 atom stereocenters. The van der Waals surface area contributed by atoms with Gasteiger partial charge in [-0.25, -0.2) is 0 Å². The summed E-state index contributed by atoms with van der Waals surface area (Å²) in [4.78, 5) is 12.7. The van der Waals surface area contributed by atoms with Crippen LogP contribution in [-0.2, 0) is 0 Å². The second-order valence-electron chi connectivity index (χ2n) is 5.67. The first-order chi connectivity index (χ1) is 9.47. The van der Waals surface area contributed by atoms with Gasteiger partial charge in [-0.05, 0) is 12.8 Å². The maximum absolute atomic E-state index is 9.77. The van der Waals surface area contributed by atoms with Crippen LogP contribution in [0.4, 0.5) is 11.9 Å². The van der Waals surface area contributed by atoms with E-state index in [0.717, 1.165) is 13.0 Å². The number of aliphatic hydroxyl groups is 1. The molecule has 2 unspecified atom stereocenters. The van der Waals surface area contributed by atoms with E-state index in [1.165, 1.54) is 7.11 Å². The minimum Gasteiger partial charge on any atom is -0.467 e. The van der Waals surface area contributed by atoms with Crippen molar-refractivity contribution in [3.8, 4) is 6.01 Å². The Kier molecular flexibility index (Phi) is 4.27. The van der Waals surface area contributed by atoms with Crippen molar-refractivity contribution in [1.29, 1.82) is 0 Å². The van der Waals surface area contributed by atoms with Gasteiger partial charge in [-0.3, -0.25) is 0 Å². The van der Waals surface area contributed by atoms with E-state index < -0.39 is 0 Å². The number of aliphatic hydroxyl groups excluding tert-OH is 1. The lowest BCUT2D eigenvalue weighted by molar-refractivity contribution is -0.0513. The summed E-state index contributed by atoms with van der Waals surface area (Å²) in [5, 5.41) is 16.1. The molecule has 7 heteroatoms. The van der Waals surface area contributed by atoms with Gasteiger partial charge in [0.15, 0.2) is 0 Å². The lowest BCUT2D eigenvalue weighted by Gasteiger charge is -2.49. The van der Waals surface area contributed by atoms with Gasteiger partial charge in [-0.1, -0.05) is 20.8 Å². The molecule has 1 aromatic rings. The van der Waals surface area contributed by atoms with Crippen molar-refractivity contribution < 1.29 is 9.84 Å². The minimum absolute atomic E-state index is 0.142. The number of anilines is 2. The summed E-state index contributed by atoms with van der Waals surface area (Å²) in [5.74, 6) is 0.972. The molecular weight excluding hydrogens is 258 g/mol. The van der Waals surface area contributed by atoms with E-state index in [0.29, 0.717) is 18.3 Å². The topological polar surface area (TPSA) is 92.2 Å². The van der Waals surface area contributed by atoms with Crippen LogP contribution in [0.5, 0.6) is 6.01 Å². The first kappa shape index (κ1) is 14.8. The average Bonchev–Trinajstić information content (AvgIpc) is 2.44. The number of aromatic nitrogens is 3. The van der Waals surface area contributed by atoms with Crippen LogP contribution < -0.4 is 15.4 Å². The van der Waals surface area contributed by atoms with Crippen LogP contribution in [0.2, 0.25) is 0 Å². The molecule has 1 heterocycles. The Morgan fingerprint density at radius 3 is 2.55 bits per heavy atom. The Morgan fingerprint density at radius 2 is 2.00 bits per heavy atom. The van der Waals surface area contributed by atoms with Crippen molar-refractivity contribution in [2.45, 2.75) is 45.8 Å². The second kappa shape index (κ2) is 5.78. The number of hydrogen-bond acceptors (Lipinski definition) is 7. The zero-order chi connectivity index (χ0) is 14.8. The smallest absolute Gasteiger partial charge is 0.322 e. The third-order valence-electron chi connectivity index (χ3n) is 3.85. The molecule has 1 aliphatic carbocycles. The number of nitrogens with one attached hydrogen (secondary N) is 2. The minimum atomic E-state index is -0.290. The predicted molar refractivity (Wildman–Crippen MR) is 77.0 cm³/mol. The number of rotatable bonds is 6. The quantitative estimate of drug-likeness (QED) is 0.723. The third kappa shape index (κ3) is 2.92. The largest absolute Gasteiger partial charge is 0.467 e. The van der Waals surface area contributed by atoms with Crippen LogP contribution in [0.3, 0.4) is 0 Å². The van der Waals surface area contributed by atoms with Gasteiger partial charge in [0.1, 0.15) is 0 Å². The van der Waals surface area contributed by atoms with E-state index in [4.69, 9.17) is 4.74 Å². The van der Waals surface area contributed by atoms with E-state index in [1.807, 2.05) is 13.8 Å². The summed E-state index contributed by atoms with van der Waals surface area (Å²) >= 11 is 0. The first-order valence-electron chi connectivity index (χ1n) is 6.96. The Bertz CT molecular complexity index is 466. The average molecular weight is 281 g/mol. The van der Waals surface area contributed by atoms with E-state index in [2.05, 4.69) is 32.5 Å². The molecule has 3 N–H and O–H groups in total. The van der Waals surface area contributed by atoms with Crippen molar-refractivity contribution in [3.63, 3.8) is 0 Å². The molecule has 0 radical (unpaired) electrons. The fourth-order valence-corrected chi connectivity index (χ4v) is 2.13. The van der Waals surface area contributed by atoms with Crippen molar-refractivity contribution in [3.05, 3.63) is 0 Å². The first-order valence-corrected chi connectivity index (χ1v) is 6.96. The summed E-state index contributed by atoms with van der Waals surface area (Å²) in [5.41, 5.74) is -0.184. The van der Waals surface area contributed by atoms with Gasteiger partial charge < -0.3 is 20.5 Å². The molecule has 0 saturated heterocycles. The Hall–Kier alpha value is -1.63. The molecule has 1 aliphatic rings. The zero-order valence-electron chi connectivity index (χ0n) is 12.5. The van der Waals surface area contributed by atoms with Gasteiger partial charge in [-0.2, -0.15) is 15.0 Å². The van der Waals surface area contributed by atoms with Gasteiger partial charge in [0, 0.05) is 18.0 Å². The molecule has 0 aliphatic heterocycles. The van der Waals surface area contributed by atoms with Gasteiger partial charge in [0.25, 0.3) is 0 Å². The van der Waals surface area contributed by atoms with Crippen LogP contribution in [0.15, 0.2) is 0 Å². The molecule has 0 aromatic carbocycles. The molecule has 112 valence electrons. The maximum Gasteiger partial charge on any atom is 0.322 e. The van der Waals surface area contributed by atoms with Crippen molar-refractivity contribution in [2.24, 2.45) is 5.41 Å². The summed E-state index contributed by atoms with van der Waals surface area (Å²) < 4.78 is 5.09. The number of methoxy groups -OCH3 is 1.